The van der Waals surface area contributed by atoms with Crippen LogP contribution in [0.1, 0.15) is 26.2 Å². The molecule has 0 aromatic carbocycles. The molecule has 2 saturated carbocycles. The first-order valence-electron chi connectivity index (χ1n) is 8.03. The first kappa shape index (κ1) is 16.5. The molecule has 0 aromatic rings. The molecule has 6 atom stereocenters. The van der Waals surface area contributed by atoms with Crippen LogP contribution in [-0.2, 0) is 19.1 Å². The lowest BCUT2D eigenvalue weighted by molar-refractivity contribution is -0.153. The van der Waals surface area contributed by atoms with Gasteiger partial charge in [0.25, 0.3) is 0 Å². The van der Waals surface area contributed by atoms with E-state index in [-0.39, 0.29) is 24.4 Å². The lowest BCUT2D eigenvalue weighted by Gasteiger charge is -2.40. The van der Waals surface area contributed by atoms with Crippen LogP contribution in [0.15, 0.2) is 11.6 Å². The van der Waals surface area contributed by atoms with Crippen LogP contribution in [0, 0.1) is 28.6 Å². The van der Waals surface area contributed by atoms with Crippen LogP contribution >= 0.6 is 0 Å². The van der Waals surface area contributed by atoms with E-state index in [2.05, 4.69) is 0 Å². The summed E-state index contributed by atoms with van der Waals surface area (Å²) in [5, 5.41) is 20.9. The van der Waals surface area contributed by atoms with E-state index >= 15 is 0 Å². The number of hydrogen-bond donors (Lipinski definition) is 2. The molecular formula is C17H24O6. The van der Waals surface area contributed by atoms with E-state index in [0.717, 1.165) is 6.42 Å². The molecule has 23 heavy (non-hydrogen) atoms. The van der Waals surface area contributed by atoms with Crippen molar-refractivity contribution in [1.82, 2.24) is 0 Å². The van der Waals surface area contributed by atoms with Crippen LogP contribution in [0.4, 0.5) is 0 Å². The van der Waals surface area contributed by atoms with E-state index in [1.54, 1.807) is 0 Å². The fourth-order valence-corrected chi connectivity index (χ4v) is 5.64. The number of esters is 2. The minimum Gasteiger partial charge on any atom is -0.469 e. The third-order valence-electron chi connectivity index (χ3n) is 6.70. The summed E-state index contributed by atoms with van der Waals surface area (Å²) in [5.74, 6) is -1.46. The Balaban J connectivity index is 2.13. The molecule has 0 unspecified atom stereocenters. The van der Waals surface area contributed by atoms with E-state index in [9.17, 15) is 19.8 Å². The average molecular weight is 324 g/mol. The molecule has 2 fully saturated rings. The molecule has 128 valence electrons. The molecule has 2 bridgehead atoms. The van der Waals surface area contributed by atoms with Crippen LogP contribution in [0.5, 0.6) is 0 Å². The highest BCUT2D eigenvalue weighted by atomic mass is 16.5. The SMILES string of the molecule is COC(=O)C1=C[C@H](O)[C@]23C[C@H]1[C@@](C)(CO)[C@@H]2CC[C@@H]3C(=O)OC. The second kappa shape index (κ2) is 5.31. The first-order chi connectivity index (χ1) is 10.9. The van der Waals surface area contributed by atoms with Crippen LogP contribution in [0.2, 0.25) is 0 Å². The summed E-state index contributed by atoms with van der Waals surface area (Å²) in [5.41, 5.74) is -0.798. The lowest BCUT2D eigenvalue weighted by atomic mass is 9.65. The van der Waals surface area contributed by atoms with Crippen molar-refractivity contribution in [3.63, 3.8) is 0 Å². The second-order valence-electron chi connectivity index (χ2n) is 7.30. The number of rotatable bonds is 3. The van der Waals surface area contributed by atoms with Crippen molar-refractivity contribution in [2.45, 2.75) is 32.3 Å². The molecule has 0 saturated heterocycles. The van der Waals surface area contributed by atoms with Gasteiger partial charge >= 0.3 is 11.9 Å². The summed E-state index contributed by atoms with van der Waals surface area (Å²) >= 11 is 0. The maximum Gasteiger partial charge on any atom is 0.333 e. The maximum atomic E-state index is 12.3. The molecule has 6 nitrogen and oxygen atoms in total. The van der Waals surface area contributed by atoms with Crippen LogP contribution < -0.4 is 0 Å². The normalized spacial score (nSPS) is 44.5. The lowest BCUT2D eigenvalue weighted by Crippen LogP contribution is -2.46. The monoisotopic (exact) mass is 324 g/mol. The van der Waals surface area contributed by atoms with Gasteiger partial charge in [-0.05, 0) is 37.2 Å². The summed E-state index contributed by atoms with van der Waals surface area (Å²) in [6.45, 7) is 1.84. The minimum atomic E-state index is -0.919. The molecule has 0 heterocycles. The van der Waals surface area contributed by atoms with Crippen molar-refractivity contribution in [3.8, 4) is 0 Å². The molecule has 0 radical (unpaired) electrons. The minimum absolute atomic E-state index is 0.0393. The van der Waals surface area contributed by atoms with Crippen molar-refractivity contribution in [3.05, 3.63) is 11.6 Å². The van der Waals surface area contributed by atoms with Crippen LogP contribution in [0.25, 0.3) is 0 Å². The number of carbonyl (C=O) groups excluding carboxylic acids is 2. The summed E-state index contributed by atoms with van der Waals surface area (Å²) in [6.07, 6.45) is 2.48. The fraction of sp³-hybridized carbons (Fsp3) is 0.765. The Labute approximate surface area is 135 Å². The molecule has 0 aliphatic heterocycles. The first-order valence-corrected chi connectivity index (χ1v) is 8.03. The van der Waals surface area contributed by atoms with Crippen molar-refractivity contribution >= 4 is 11.9 Å². The summed E-state index contributed by atoms with van der Waals surface area (Å²) in [6, 6.07) is 0. The zero-order valence-electron chi connectivity index (χ0n) is 13.7. The van der Waals surface area contributed by atoms with E-state index < -0.39 is 28.8 Å². The van der Waals surface area contributed by atoms with Crippen molar-refractivity contribution in [1.29, 1.82) is 0 Å². The second-order valence-corrected chi connectivity index (χ2v) is 7.30. The van der Waals surface area contributed by atoms with E-state index in [0.29, 0.717) is 18.4 Å². The Kier molecular flexibility index (Phi) is 3.80. The summed E-state index contributed by atoms with van der Waals surface area (Å²) in [4.78, 5) is 24.4. The number of methoxy groups -OCH3 is 2. The molecule has 0 aromatic heterocycles. The molecule has 3 aliphatic rings. The van der Waals surface area contributed by atoms with Gasteiger partial charge in [0.1, 0.15) is 0 Å². The number of hydrogen-bond acceptors (Lipinski definition) is 6. The standard InChI is InChI=1S/C17H24O6/c1-16(8-18)11-7-17(13(19)6-9(11)14(20)22-2)10(15(21)23-3)4-5-12(16)17/h6,10-13,18-19H,4-5,7-8H2,1-3H3/t10-,11-,12+,13+,16-,17+/m1/s1. The van der Waals surface area contributed by atoms with E-state index in [1.165, 1.54) is 20.3 Å². The Morgan fingerprint density at radius 3 is 2.57 bits per heavy atom. The predicted octanol–water partition coefficient (Wildman–Crippen LogP) is 0.664. The van der Waals surface area contributed by atoms with Gasteiger partial charge in [0.2, 0.25) is 0 Å². The van der Waals surface area contributed by atoms with Crippen LogP contribution in [-0.4, -0.2) is 49.1 Å². The van der Waals surface area contributed by atoms with E-state index in [1.807, 2.05) is 6.92 Å². The summed E-state index contributed by atoms with van der Waals surface area (Å²) < 4.78 is 9.80. The Morgan fingerprint density at radius 1 is 1.30 bits per heavy atom. The Morgan fingerprint density at radius 2 is 2.00 bits per heavy atom. The van der Waals surface area contributed by atoms with Gasteiger partial charge < -0.3 is 19.7 Å². The number of ether oxygens (including phenoxy) is 2. The number of aliphatic hydroxyl groups is 2. The predicted molar refractivity (Wildman–Crippen MR) is 80.1 cm³/mol. The molecule has 6 heteroatoms. The Bertz CT molecular complexity index is 569. The highest BCUT2D eigenvalue weighted by Crippen LogP contribution is 2.71. The highest BCUT2D eigenvalue weighted by Gasteiger charge is 2.71. The third-order valence-corrected chi connectivity index (χ3v) is 6.70. The fourth-order valence-electron chi connectivity index (χ4n) is 5.64. The molecule has 3 aliphatic carbocycles. The zero-order valence-corrected chi connectivity index (χ0v) is 13.7. The van der Waals surface area contributed by atoms with Gasteiger partial charge in [0.05, 0.1) is 26.2 Å². The van der Waals surface area contributed by atoms with Gasteiger partial charge in [-0.2, -0.15) is 0 Å². The van der Waals surface area contributed by atoms with Gasteiger partial charge in [0, 0.05) is 23.0 Å². The topological polar surface area (TPSA) is 93.1 Å². The van der Waals surface area contributed by atoms with Gasteiger partial charge in [-0.25, -0.2) is 4.79 Å². The largest absolute Gasteiger partial charge is 0.469 e. The average Bonchev–Trinajstić information content (AvgIpc) is 3.04. The highest BCUT2D eigenvalue weighted by molar-refractivity contribution is 5.90. The van der Waals surface area contributed by atoms with Crippen molar-refractivity contribution < 1.29 is 29.3 Å². The van der Waals surface area contributed by atoms with E-state index in [4.69, 9.17) is 9.47 Å². The number of fused-ring (bicyclic) bond motifs is 1. The Hall–Kier alpha value is -1.40. The number of carbonyl (C=O) groups is 2. The number of aliphatic hydroxyl groups excluding tert-OH is 2. The van der Waals surface area contributed by atoms with Crippen molar-refractivity contribution in [2.75, 3.05) is 20.8 Å². The van der Waals surface area contributed by atoms with Crippen LogP contribution in [0.3, 0.4) is 0 Å². The quantitative estimate of drug-likeness (QED) is 0.741. The smallest absolute Gasteiger partial charge is 0.333 e. The molecular weight excluding hydrogens is 300 g/mol. The van der Waals surface area contributed by atoms with Gasteiger partial charge in [-0.15, -0.1) is 0 Å². The molecule has 2 N–H and O–H groups in total. The van der Waals surface area contributed by atoms with Crippen molar-refractivity contribution in [2.24, 2.45) is 28.6 Å². The zero-order chi connectivity index (χ0) is 17.0. The van der Waals surface area contributed by atoms with Gasteiger partial charge in [0.15, 0.2) is 0 Å². The van der Waals surface area contributed by atoms with Gasteiger partial charge in [-0.3, -0.25) is 4.79 Å². The van der Waals surface area contributed by atoms with Gasteiger partial charge in [-0.1, -0.05) is 6.92 Å². The molecule has 1 spiro atoms. The molecule has 0 amide bonds. The molecule has 3 rings (SSSR count). The maximum absolute atomic E-state index is 12.3. The third kappa shape index (κ3) is 1.88. The summed E-state index contributed by atoms with van der Waals surface area (Å²) in [7, 11) is 2.66.